The predicted octanol–water partition coefficient (Wildman–Crippen LogP) is 2.78. The molecule has 2 atom stereocenters. The highest BCUT2D eigenvalue weighted by molar-refractivity contribution is 7.83. The van der Waals surface area contributed by atoms with Crippen molar-refractivity contribution in [3.05, 3.63) is 107 Å². The predicted molar refractivity (Wildman–Crippen MR) is 131 cm³/mol. The maximum absolute atomic E-state index is 13.5. The van der Waals surface area contributed by atoms with Crippen LogP contribution in [-0.2, 0) is 39.3 Å². The van der Waals surface area contributed by atoms with Crippen molar-refractivity contribution in [2.24, 2.45) is 0 Å². The van der Waals surface area contributed by atoms with Crippen molar-refractivity contribution in [2.75, 3.05) is 0 Å². The van der Waals surface area contributed by atoms with Gasteiger partial charge in [0.15, 0.2) is 0 Å². The molecule has 2 unspecified atom stereocenters. The van der Waals surface area contributed by atoms with Crippen molar-refractivity contribution in [3.63, 3.8) is 0 Å². The maximum Gasteiger partial charge on any atom is 0.335 e. The number of hydrogen-bond acceptors (Lipinski definition) is 4. The zero-order valence-electron chi connectivity index (χ0n) is 19.0. The molecule has 0 saturated carbocycles. The topological polar surface area (TPSA) is 116 Å². The maximum atomic E-state index is 13.5. The largest absolute Gasteiger partial charge is 0.350 e. The third kappa shape index (κ3) is 6.33. The molecule has 0 saturated heterocycles. The second kappa shape index (κ2) is 10.8. The van der Waals surface area contributed by atoms with Crippen LogP contribution in [0.25, 0.3) is 0 Å². The Morgan fingerprint density at radius 3 is 2.14 bits per heavy atom. The molecule has 2 amide bonds. The summed E-state index contributed by atoms with van der Waals surface area (Å²) in [5.74, 6) is -0.803. The minimum Gasteiger partial charge on any atom is -0.350 e. The van der Waals surface area contributed by atoms with Gasteiger partial charge in [0.2, 0.25) is 11.8 Å². The Morgan fingerprint density at radius 2 is 1.49 bits per heavy atom. The Bertz CT molecular complexity index is 1280. The second-order valence-electron chi connectivity index (χ2n) is 8.40. The Morgan fingerprint density at radius 1 is 0.886 bits per heavy atom. The highest BCUT2D eigenvalue weighted by Crippen LogP contribution is 2.33. The monoisotopic (exact) mass is 493 g/mol. The van der Waals surface area contributed by atoms with Gasteiger partial charge in [-0.05, 0) is 28.7 Å². The summed E-state index contributed by atoms with van der Waals surface area (Å²) in [6, 6.07) is 24.8. The van der Waals surface area contributed by atoms with Crippen LogP contribution in [-0.4, -0.2) is 35.7 Å². The first-order valence-corrected chi connectivity index (χ1v) is 12.7. The fourth-order valence-electron chi connectivity index (χ4n) is 4.35. The lowest BCUT2D eigenvalue weighted by atomic mass is 9.90. The fourth-order valence-corrected chi connectivity index (χ4v) is 4.87. The molecule has 3 aromatic carbocycles. The van der Waals surface area contributed by atoms with E-state index in [0.29, 0.717) is 12.0 Å². The van der Waals surface area contributed by atoms with Crippen molar-refractivity contribution < 1.29 is 22.6 Å². The lowest BCUT2D eigenvalue weighted by Crippen LogP contribution is -2.58. The van der Waals surface area contributed by atoms with Crippen LogP contribution < -0.4 is 10.0 Å². The van der Waals surface area contributed by atoms with Crippen molar-refractivity contribution >= 4 is 22.1 Å². The molecule has 3 aromatic rings. The van der Waals surface area contributed by atoms with Crippen LogP contribution in [0.1, 0.15) is 34.8 Å². The smallest absolute Gasteiger partial charge is 0.335 e. The number of amides is 2. The van der Waals surface area contributed by atoms with Crippen molar-refractivity contribution in [1.82, 2.24) is 14.9 Å². The lowest BCUT2D eigenvalue weighted by molar-refractivity contribution is -0.144. The molecule has 0 fully saturated rings. The number of rotatable bonds is 8. The van der Waals surface area contributed by atoms with Crippen molar-refractivity contribution in [2.45, 2.75) is 38.0 Å². The number of benzene rings is 3. The van der Waals surface area contributed by atoms with Gasteiger partial charge in [-0.1, -0.05) is 84.9 Å². The van der Waals surface area contributed by atoms with E-state index in [1.165, 1.54) is 4.90 Å². The van der Waals surface area contributed by atoms with Crippen LogP contribution in [0.2, 0.25) is 0 Å². The van der Waals surface area contributed by atoms with Gasteiger partial charge in [0, 0.05) is 19.4 Å². The van der Waals surface area contributed by atoms with E-state index in [0.717, 1.165) is 16.7 Å². The first kappa shape index (κ1) is 24.6. The van der Waals surface area contributed by atoms with Gasteiger partial charge in [-0.25, -0.2) is 0 Å². The molecule has 0 radical (unpaired) electrons. The SMILES string of the molecule is O=C(NCc1ccccc1)C1Cc2ccccc2C(NS(=O)(=O)O)N1C(=O)CCc1ccccc1. The molecule has 3 N–H and O–H groups in total. The summed E-state index contributed by atoms with van der Waals surface area (Å²) < 4.78 is 35.5. The molecule has 1 heterocycles. The van der Waals surface area contributed by atoms with Crippen LogP contribution in [0.15, 0.2) is 84.9 Å². The molecule has 182 valence electrons. The van der Waals surface area contributed by atoms with Crippen LogP contribution in [0.4, 0.5) is 0 Å². The van der Waals surface area contributed by atoms with Gasteiger partial charge in [-0.3, -0.25) is 14.1 Å². The van der Waals surface area contributed by atoms with Crippen molar-refractivity contribution in [1.29, 1.82) is 0 Å². The van der Waals surface area contributed by atoms with Crippen LogP contribution in [0, 0.1) is 0 Å². The van der Waals surface area contributed by atoms with E-state index >= 15 is 0 Å². The molecular formula is C26H27N3O5S. The summed E-state index contributed by atoms with van der Waals surface area (Å²) in [7, 11) is -4.68. The van der Waals surface area contributed by atoms with Gasteiger partial charge < -0.3 is 10.2 Å². The molecule has 1 aliphatic rings. The standard InChI is InChI=1S/C26H27N3O5S/c30-24(16-15-19-9-3-1-4-10-19)29-23(26(31)27-18-20-11-5-2-6-12-20)17-21-13-7-8-14-22(21)25(29)28-35(32,33)34/h1-14,23,25,28H,15-18H2,(H,27,31)(H,32,33,34). The lowest BCUT2D eigenvalue weighted by Gasteiger charge is -2.42. The summed E-state index contributed by atoms with van der Waals surface area (Å²) in [4.78, 5) is 28.1. The summed E-state index contributed by atoms with van der Waals surface area (Å²) >= 11 is 0. The van der Waals surface area contributed by atoms with Crippen molar-refractivity contribution in [3.8, 4) is 0 Å². The highest BCUT2D eigenvalue weighted by atomic mass is 32.2. The quantitative estimate of drug-likeness (QED) is 0.418. The number of fused-ring (bicyclic) bond motifs is 1. The summed E-state index contributed by atoms with van der Waals surface area (Å²) in [5, 5.41) is 2.87. The molecule has 0 aromatic heterocycles. The molecule has 1 aliphatic heterocycles. The van der Waals surface area contributed by atoms with Crippen LogP contribution >= 0.6 is 0 Å². The third-order valence-corrected chi connectivity index (χ3v) is 6.53. The summed E-state index contributed by atoms with van der Waals surface area (Å²) in [6.45, 7) is 0.264. The molecular weight excluding hydrogens is 466 g/mol. The Hall–Kier alpha value is -3.53. The van der Waals surface area contributed by atoms with E-state index in [9.17, 15) is 22.6 Å². The van der Waals surface area contributed by atoms with Gasteiger partial charge in [0.25, 0.3) is 0 Å². The van der Waals surface area contributed by atoms with Gasteiger partial charge in [0.1, 0.15) is 12.2 Å². The first-order chi connectivity index (χ1) is 16.8. The average molecular weight is 494 g/mol. The normalized spacial score (nSPS) is 17.5. The fraction of sp³-hybridized carbons (Fsp3) is 0.231. The van der Waals surface area contributed by atoms with Gasteiger partial charge in [-0.2, -0.15) is 13.1 Å². The van der Waals surface area contributed by atoms with Crippen LogP contribution in [0.5, 0.6) is 0 Å². The molecule has 8 nitrogen and oxygen atoms in total. The van der Waals surface area contributed by atoms with Gasteiger partial charge in [-0.15, -0.1) is 0 Å². The van der Waals surface area contributed by atoms with Gasteiger partial charge >= 0.3 is 10.3 Å². The molecule has 9 heteroatoms. The minimum atomic E-state index is -4.68. The summed E-state index contributed by atoms with van der Waals surface area (Å²) in [6.07, 6.45) is -0.504. The number of carbonyl (C=O) groups excluding carboxylic acids is 2. The Kier molecular flexibility index (Phi) is 7.60. The van der Waals surface area contributed by atoms with E-state index in [1.54, 1.807) is 24.3 Å². The van der Waals surface area contributed by atoms with Gasteiger partial charge in [0.05, 0.1) is 0 Å². The second-order valence-corrected chi connectivity index (χ2v) is 9.59. The number of nitrogens with zero attached hydrogens (tertiary/aromatic N) is 1. The Balaban J connectivity index is 1.64. The minimum absolute atomic E-state index is 0.0678. The number of nitrogens with one attached hydrogen (secondary N) is 2. The third-order valence-electron chi connectivity index (χ3n) is 6.01. The molecule has 35 heavy (non-hydrogen) atoms. The Labute approximate surface area is 204 Å². The molecule has 0 bridgehead atoms. The zero-order valence-corrected chi connectivity index (χ0v) is 19.8. The van der Waals surface area contributed by atoms with E-state index < -0.39 is 34.3 Å². The molecule has 4 rings (SSSR count). The average Bonchev–Trinajstić information content (AvgIpc) is 2.86. The number of aryl methyl sites for hydroxylation is 1. The van der Waals surface area contributed by atoms with E-state index in [4.69, 9.17) is 0 Å². The van der Waals surface area contributed by atoms with E-state index in [-0.39, 0.29) is 19.4 Å². The molecule has 0 aliphatic carbocycles. The van der Waals surface area contributed by atoms with E-state index in [1.807, 2.05) is 60.7 Å². The number of carbonyl (C=O) groups is 2. The molecule has 0 spiro atoms. The summed E-state index contributed by atoms with van der Waals surface area (Å²) in [5.41, 5.74) is 3.08. The first-order valence-electron chi connectivity index (χ1n) is 11.3. The highest BCUT2D eigenvalue weighted by Gasteiger charge is 2.42. The zero-order chi connectivity index (χ0) is 24.8. The number of hydrogen-bond donors (Lipinski definition) is 3. The van der Waals surface area contributed by atoms with Crippen LogP contribution in [0.3, 0.4) is 0 Å². The van der Waals surface area contributed by atoms with E-state index in [2.05, 4.69) is 10.0 Å².